The Hall–Kier alpha value is -0.270. The molecule has 1 fully saturated rings. The number of nitrogens with zero attached hydrogens (tertiary/aromatic N) is 1. The second-order valence-corrected chi connectivity index (χ2v) is 5.65. The molecule has 1 N–H and O–H groups in total. The summed E-state index contributed by atoms with van der Waals surface area (Å²) in [5.41, 5.74) is -0.0209. The zero-order valence-electron chi connectivity index (χ0n) is 11.7. The molecule has 0 bridgehead atoms. The number of rotatable bonds is 3. The fraction of sp³-hybridized carbons (Fsp3) is 0.429. The van der Waals surface area contributed by atoms with Crippen LogP contribution in [0.3, 0.4) is 0 Å². The minimum absolute atomic E-state index is 0. The molecule has 2 nitrogen and oxygen atoms in total. The lowest BCUT2D eigenvalue weighted by Gasteiger charge is -2.33. The predicted molar refractivity (Wildman–Crippen MR) is 91.0 cm³/mol. The normalized spacial score (nSPS) is 17.1. The molecular weight excluding hydrogens is 404 g/mol. The van der Waals surface area contributed by atoms with Crippen LogP contribution < -0.4 is 5.32 Å². The first-order valence-electron chi connectivity index (χ1n) is 6.37. The molecule has 0 unspecified atom stereocenters. The van der Waals surface area contributed by atoms with Crippen molar-refractivity contribution in [1.29, 1.82) is 0 Å². The molecular formula is C14H18BrCl2F3N2. The van der Waals surface area contributed by atoms with Crippen LogP contribution in [0.25, 0.3) is 0 Å². The van der Waals surface area contributed by atoms with Gasteiger partial charge in [-0.3, -0.25) is 4.90 Å². The number of alkyl halides is 3. The summed E-state index contributed by atoms with van der Waals surface area (Å²) in [5.74, 6) is 0. The van der Waals surface area contributed by atoms with E-state index in [1.54, 1.807) is 12.1 Å². The molecule has 1 aliphatic rings. The van der Waals surface area contributed by atoms with E-state index in [4.69, 9.17) is 0 Å². The van der Waals surface area contributed by atoms with Crippen molar-refractivity contribution in [1.82, 2.24) is 10.2 Å². The Morgan fingerprint density at radius 1 is 1.18 bits per heavy atom. The fourth-order valence-corrected chi connectivity index (χ4v) is 2.91. The smallest absolute Gasteiger partial charge is 0.314 e. The maximum atomic E-state index is 12.9. The summed E-state index contributed by atoms with van der Waals surface area (Å²) < 4.78 is 39.1. The van der Waals surface area contributed by atoms with E-state index in [0.717, 1.165) is 32.2 Å². The van der Waals surface area contributed by atoms with E-state index in [0.29, 0.717) is 10.0 Å². The molecule has 0 aromatic heterocycles. The summed E-state index contributed by atoms with van der Waals surface area (Å²) in [5, 5.41) is 3.23. The van der Waals surface area contributed by atoms with Gasteiger partial charge < -0.3 is 5.32 Å². The van der Waals surface area contributed by atoms with E-state index in [1.807, 2.05) is 0 Å². The highest BCUT2D eigenvalue weighted by molar-refractivity contribution is 9.10. The summed E-state index contributed by atoms with van der Waals surface area (Å²) >= 11 is 3.16. The van der Waals surface area contributed by atoms with Gasteiger partial charge in [-0.05, 0) is 23.8 Å². The third kappa shape index (κ3) is 5.42. The van der Waals surface area contributed by atoms with E-state index >= 15 is 0 Å². The van der Waals surface area contributed by atoms with Gasteiger partial charge >= 0.3 is 6.18 Å². The molecule has 1 atom stereocenters. The number of hydrogen-bond donors (Lipinski definition) is 1. The van der Waals surface area contributed by atoms with Gasteiger partial charge in [0.15, 0.2) is 0 Å². The van der Waals surface area contributed by atoms with Crippen molar-refractivity contribution in [3.05, 3.63) is 46.5 Å². The summed E-state index contributed by atoms with van der Waals surface area (Å²) in [4.78, 5) is 2.13. The van der Waals surface area contributed by atoms with Crippen molar-refractivity contribution in [2.45, 2.75) is 12.2 Å². The monoisotopic (exact) mass is 420 g/mol. The van der Waals surface area contributed by atoms with Crippen LogP contribution in [0.15, 0.2) is 35.3 Å². The quantitative estimate of drug-likeness (QED) is 0.725. The SMILES string of the molecule is C=C[C@@H](c1cc(Br)cc(C(F)(F)F)c1)N1CCNCC1.Cl.Cl. The summed E-state index contributed by atoms with van der Waals surface area (Å²) in [6.07, 6.45) is -2.64. The third-order valence-electron chi connectivity index (χ3n) is 3.36. The highest BCUT2D eigenvalue weighted by Gasteiger charge is 2.32. The van der Waals surface area contributed by atoms with Crippen molar-refractivity contribution in [3.8, 4) is 0 Å². The molecule has 1 saturated heterocycles. The van der Waals surface area contributed by atoms with Crippen LogP contribution in [0.1, 0.15) is 17.2 Å². The van der Waals surface area contributed by atoms with Gasteiger partial charge in [-0.2, -0.15) is 13.2 Å². The molecule has 1 aromatic rings. The molecule has 1 heterocycles. The molecule has 0 spiro atoms. The largest absolute Gasteiger partial charge is 0.416 e. The average molecular weight is 422 g/mol. The van der Waals surface area contributed by atoms with Crippen LogP contribution in [0, 0.1) is 0 Å². The fourth-order valence-electron chi connectivity index (χ4n) is 2.40. The Labute approximate surface area is 149 Å². The van der Waals surface area contributed by atoms with Gasteiger partial charge in [0.1, 0.15) is 0 Å². The van der Waals surface area contributed by atoms with Gasteiger partial charge in [0.2, 0.25) is 0 Å². The van der Waals surface area contributed by atoms with Crippen LogP contribution in [0.5, 0.6) is 0 Å². The lowest BCUT2D eigenvalue weighted by molar-refractivity contribution is -0.137. The number of benzene rings is 1. The van der Waals surface area contributed by atoms with Crippen molar-refractivity contribution in [2.24, 2.45) is 0 Å². The van der Waals surface area contributed by atoms with Crippen molar-refractivity contribution >= 4 is 40.7 Å². The van der Waals surface area contributed by atoms with Gasteiger partial charge in [-0.25, -0.2) is 0 Å². The lowest BCUT2D eigenvalue weighted by atomic mass is 10.0. The Morgan fingerprint density at radius 3 is 2.27 bits per heavy atom. The van der Waals surface area contributed by atoms with E-state index in [9.17, 15) is 13.2 Å². The van der Waals surface area contributed by atoms with E-state index in [2.05, 4.69) is 32.7 Å². The van der Waals surface area contributed by atoms with Gasteiger partial charge in [-0.15, -0.1) is 31.4 Å². The van der Waals surface area contributed by atoms with E-state index in [1.165, 1.54) is 6.07 Å². The standard InChI is InChI=1S/C14H16BrF3N2.2ClH/c1-2-13(20-5-3-19-4-6-20)10-7-11(14(16,17)18)9-12(15)8-10;;/h2,7-9,13,19H,1,3-6H2;2*1H/t13-;;/m0../s1. The van der Waals surface area contributed by atoms with Crippen molar-refractivity contribution < 1.29 is 13.2 Å². The first-order chi connectivity index (χ1) is 9.41. The molecule has 0 aliphatic carbocycles. The minimum Gasteiger partial charge on any atom is -0.314 e. The molecule has 22 heavy (non-hydrogen) atoms. The minimum atomic E-state index is -4.34. The topological polar surface area (TPSA) is 15.3 Å². The second kappa shape index (κ2) is 9.13. The van der Waals surface area contributed by atoms with Gasteiger partial charge in [-0.1, -0.05) is 22.0 Å². The van der Waals surface area contributed by atoms with Gasteiger partial charge in [0.25, 0.3) is 0 Å². The Bertz CT molecular complexity index is 491. The zero-order chi connectivity index (χ0) is 14.8. The third-order valence-corrected chi connectivity index (χ3v) is 3.82. The van der Waals surface area contributed by atoms with Crippen molar-refractivity contribution in [2.75, 3.05) is 26.2 Å². The van der Waals surface area contributed by atoms with E-state index < -0.39 is 11.7 Å². The Balaban J connectivity index is 0.00000220. The van der Waals surface area contributed by atoms with Gasteiger partial charge in [0.05, 0.1) is 11.6 Å². The molecule has 0 amide bonds. The molecule has 1 aromatic carbocycles. The maximum absolute atomic E-state index is 12.9. The zero-order valence-corrected chi connectivity index (χ0v) is 14.9. The van der Waals surface area contributed by atoms with Crippen LogP contribution >= 0.6 is 40.7 Å². The summed E-state index contributed by atoms with van der Waals surface area (Å²) in [7, 11) is 0. The first kappa shape index (κ1) is 21.7. The first-order valence-corrected chi connectivity index (χ1v) is 7.16. The summed E-state index contributed by atoms with van der Waals surface area (Å²) in [6, 6.07) is 3.83. The van der Waals surface area contributed by atoms with Gasteiger partial charge in [0, 0.05) is 30.7 Å². The van der Waals surface area contributed by atoms with Crippen molar-refractivity contribution in [3.63, 3.8) is 0 Å². The lowest BCUT2D eigenvalue weighted by Crippen LogP contribution is -2.44. The Kier molecular flexibility index (Phi) is 9.02. The maximum Gasteiger partial charge on any atom is 0.416 e. The van der Waals surface area contributed by atoms with Crippen LogP contribution in [0.2, 0.25) is 0 Å². The highest BCUT2D eigenvalue weighted by Crippen LogP contribution is 2.34. The highest BCUT2D eigenvalue weighted by atomic mass is 79.9. The van der Waals surface area contributed by atoms with Crippen LogP contribution in [-0.2, 0) is 6.18 Å². The predicted octanol–water partition coefficient (Wildman–Crippen LogP) is 4.44. The molecule has 2 rings (SSSR count). The Morgan fingerprint density at radius 2 is 1.77 bits per heavy atom. The number of nitrogens with one attached hydrogen (secondary N) is 1. The summed E-state index contributed by atoms with van der Waals surface area (Å²) in [6.45, 7) is 7.04. The van der Waals surface area contributed by atoms with E-state index in [-0.39, 0.29) is 30.9 Å². The number of piperazine rings is 1. The van der Waals surface area contributed by atoms with Crippen LogP contribution in [0.4, 0.5) is 13.2 Å². The molecule has 1 aliphatic heterocycles. The number of halogens is 6. The number of hydrogen-bond acceptors (Lipinski definition) is 2. The van der Waals surface area contributed by atoms with Crippen LogP contribution in [-0.4, -0.2) is 31.1 Å². The molecule has 0 radical (unpaired) electrons. The molecule has 0 saturated carbocycles. The molecule has 8 heteroatoms. The second-order valence-electron chi connectivity index (χ2n) is 4.74. The average Bonchev–Trinajstić information content (AvgIpc) is 2.39. The molecule has 126 valence electrons.